The van der Waals surface area contributed by atoms with Gasteiger partial charge in [-0.25, -0.2) is 4.79 Å². The monoisotopic (exact) mass is 523 g/mol. The summed E-state index contributed by atoms with van der Waals surface area (Å²) in [4.78, 5) is 24.4. The lowest BCUT2D eigenvalue weighted by molar-refractivity contribution is -0.136. The molecule has 1 aliphatic carbocycles. The summed E-state index contributed by atoms with van der Waals surface area (Å²) in [5, 5.41) is 12.1. The lowest BCUT2D eigenvalue weighted by Crippen LogP contribution is -2.31. The van der Waals surface area contributed by atoms with Crippen molar-refractivity contribution in [2.45, 2.75) is 18.4 Å². The van der Waals surface area contributed by atoms with Crippen molar-refractivity contribution in [2.24, 2.45) is 0 Å². The van der Waals surface area contributed by atoms with E-state index in [-0.39, 0.29) is 18.9 Å². The Morgan fingerprint density at radius 1 is 0.846 bits per heavy atom. The Hall–Kier alpha value is -4.78. The van der Waals surface area contributed by atoms with Crippen LogP contribution in [0.3, 0.4) is 0 Å². The average molecular weight is 524 g/mol. The highest BCUT2D eigenvalue weighted by atomic mass is 16.5. The first-order valence-electron chi connectivity index (χ1n) is 12.6. The number of ether oxygens (including phenoxy) is 3. The molecule has 198 valence electrons. The minimum atomic E-state index is -0.909. The Kier molecular flexibility index (Phi) is 7.50. The van der Waals surface area contributed by atoms with E-state index in [1.807, 2.05) is 30.3 Å². The summed E-state index contributed by atoms with van der Waals surface area (Å²) in [6, 6.07) is 28.2. The van der Waals surface area contributed by atoms with Gasteiger partial charge in [-0.05, 0) is 45.5 Å². The fraction of sp³-hybridized carbons (Fsp3) is 0.188. The van der Waals surface area contributed by atoms with E-state index in [1.165, 1.54) is 0 Å². The third kappa shape index (κ3) is 5.43. The topological polar surface area (TPSA) is 94.1 Å². The largest absolute Gasteiger partial charge is 0.497 e. The Morgan fingerprint density at radius 2 is 1.49 bits per heavy atom. The fourth-order valence-electron chi connectivity index (χ4n) is 5.16. The molecular weight excluding hydrogens is 494 g/mol. The molecule has 0 saturated heterocycles. The number of alkyl carbamates (subject to hydrolysis) is 1. The molecule has 1 amide bonds. The third-order valence-corrected chi connectivity index (χ3v) is 7.03. The second-order valence-electron chi connectivity index (χ2n) is 9.32. The van der Waals surface area contributed by atoms with Crippen LogP contribution in [0.2, 0.25) is 0 Å². The van der Waals surface area contributed by atoms with E-state index >= 15 is 0 Å². The highest BCUT2D eigenvalue weighted by Gasteiger charge is 2.30. The van der Waals surface area contributed by atoms with Gasteiger partial charge in [0.05, 0.1) is 26.7 Å². The van der Waals surface area contributed by atoms with E-state index in [9.17, 15) is 9.59 Å². The molecule has 39 heavy (non-hydrogen) atoms. The van der Waals surface area contributed by atoms with Crippen molar-refractivity contribution < 1.29 is 28.9 Å². The van der Waals surface area contributed by atoms with Crippen molar-refractivity contribution in [1.29, 1.82) is 0 Å². The zero-order valence-electron chi connectivity index (χ0n) is 21.7. The predicted molar refractivity (Wildman–Crippen MR) is 147 cm³/mol. The zero-order valence-corrected chi connectivity index (χ0v) is 21.7. The van der Waals surface area contributed by atoms with Crippen molar-refractivity contribution in [1.82, 2.24) is 5.32 Å². The van der Waals surface area contributed by atoms with E-state index in [1.54, 1.807) is 50.6 Å². The van der Waals surface area contributed by atoms with Crippen LogP contribution in [0.4, 0.5) is 4.79 Å². The van der Waals surface area contributed by atoms with Crippen LogP contribution in [-0.4, -0.2) is 38.0 Å². The summed E-state index contributed by atoms with van der Waals surface area (Å²) in [7, 11) is 3.13. The van der Waals surface area contributed by atoms with Gasteiger partial charge in [-0.2, -0.15) is 0 Å². The van der Waals surface area contributed by atoms with Crippen LogP contribution in [-0.2, 0) is 16.0 Å². The standard InChI is InChI=1S/C32H29NO6/c1-37-22-15-16-27(29(18-22)38-2)31(21-13-11-20(12-14-21)17-30(34)35)33-32(36)39-19-28-25-9-5-3-7-23(25)24-8-4-6-10-26(24)28/h3-16,18,28,31H,17,19H2,1-2H3,(H,33,36)(H,34,35)/t31-/m0/s1. The maximum absolute atomic E-state index is 13.2. The summed E-state index contributed by atoms with van der Waals surface area (Å²) in [6.45, 7) is 0.184. The molecule has 0 heterocycles. The molecule has 7 heteroatoms. The van der Waals surface area contributed by atoms with Crippen LogP contribution in [0, 0.1) is 0 Å². The molecule has 1 aliphatic rings. The molecule has 0 unspecified atom stereocenters. The van der Waals surface area contributed by atoms with Crippen molar-refractivity contribution in [3.63, 3.8) is 0 Å². The number of carbonyl (C=O) groups is 2. The lowest BCUT2D eigenvalue weighted by atomic mass is 9.96. The molecule has 0 fully saturated rings. The van der Waals surface area contributed by atoms with E-state index < -0.39 is 18.1 Å². The Morgan fingerprint density at radius 3 is 2.08 bits per heavy atom. The molecule has 0 bridgehead atoms. The molecule has 2 N–H and O–H groups in total. The summed E-state index contributed by atoms with van der Waals surface area (Å²) < 4.78 is 16.8. The highest BCUT2D eigenvalue weighted by molar-refractivity contribution is 5.79. The molecule has 4 aromatic carbocycles. The molecule has 0 radical (unpaired) electrons. The Balaban J connectivity index is 1.40. The molecule has 1 atom stereocenters. The number of carboxylic acids is 1. The van der Waals surface area contributed by atoms with Gasteiger partial charge in [-0.15, -0.1) is 0 Å². The van der Waals surface area contributed by atoms with Crippen molar-refractivity contribution >= 4 is 12.1 Å². The van der Waals surface area contributed by atoms with Crippen LogP contribution in [0.25, 0.3) is 11.1 Å². The minimum Gasteiger partial charge on any atom is -0.497 e. The van der Waals surface area contributed by atoms with Gasteiger partial charge in [-0.3, -0.25) is 4.79 Å². The van der Waals surface area contributed by atoms with E-state index in [0.29, 0.717) is 22.6 Å². The number of hydrogen-bond acceptors (Lipinski definition) is 5. The second kappa shape index (κ2) is 11.3. The molecule has 0 aliphatic heterocycles. The zero-order chi connectivity index (χ0) is 27.4. The first kappa shape index (κ1) is 25.9. The van der Waals surface area contributed by atoms with E-state index in [2.05, 4.69) is 29.6 Å². The molecule has 4 aromatic rings. The van der Waals surface area contributed by atoms with Gasteiger partial charge in [0, 0.05) is 17.5 Å². The maximum atomic E-state index is 13.2. The van der Waals surface area contributed by atoms with Crippen molar-refractivity contribution in [3.05, 3.63) is 119 Å². The Labute approximate surface area is 227 Å². The van der Waals surface area contributed by atoms with Crippen LogP contribution in [0.15, 0.2) is 91.0 Å². The van der Waals surface area contributed by atoms with Gasteiger partial charge >= 0.3 is 12.1 Å². The number of rotatable bonds is 9. The maximum Gasteiger partial charge on any atom is 0.407 e. The lowest BCUT2D eigenvalue weighted by Gasteiger charge is -2.23. The van der Waals surface area contributed by atoms with Crippen molar-refractivity contribution in [3.8, 4) is 22.6 Å². The van der Waals surface area contributed by atoms with Gasteiger partial charge in [0.15, 0.2) is 0 Å². The minimum absolute atomic E-state index is 0.0626. The predicted octanol–water partition coefficient (Wildman–Crippen LogP) is 5.96. The molecule has 0 aromatic heterocycles. The molecule has 0 spiro atoms. The average Bonchev–Trinajstić information content (AvgIpc) is 3.28. The van der Waals surface area contributed by atoms with Gasteiger partial charge in [0.25, 0.3) is 0 Å². The highest BCUT2D eigenvalue weighted by Crippen LogP contribution is 2.44. The van der Waals surface area contributed by atoms with Crippen LogP contribution >= 0.6 is 0 Å². The van der Waals surface area contributed by atoms with Gasteiger partial charge in [0.2, 0.25) is 0 Å². The summed E-state index contributed by atoms with van der Waals surface area (Å²) in [5.74, 6) is 0.181. The third-order valence-electron chi connectivity index (χ3n) is 7.03. The van der Waals surface area contributed by atoms with Gasteiger partial charge in [-0.1, -0.05) is 72.8 Å². The number of benzene rings is 4. The quantitative estimate of drug-likeness (QED) is 0.281. The molecule has 7 nitrogen and oxygen atoms in total. The van der Waals surface area contributed by atoms with Crippen LogP contribution in [0.1, 0.15) is 39.8 Å². The smallest absolute Gasteiger partial charge is 0.407 e. The number of methoxy groups -OCH3 is 2. The number of carbonyl (C=O) groups excluding carboxylic acids is 1. The second-order valence-corrected chi connectivity index (χ2v) is 9.32. The molecule has 5 rings (SSSR count). The fourth-order valence-corrected chi connectivity index (χ4v) is 5.16. The number of fused-ring (bicyclic) bond motifs is 3. The van der Waals surface area contributed by atoms with Crippen LogP contribution < -0.4 is 14.8 Å². The number of hydrogen-bond donors (Lipinski definition) is 2. The van der Waals surface area contributed by atoms with Crippen molar-refractivity contribution in [2.75, 3.05) is 20.8 Å². The summed E-state index contributed by atoms with van der Waals surface area (Å²) >= 11 is 0. The van der Waals surface area contributed by atoms with Gasteiger partial charge < -0.3 is 24.6 Å². The Bertz CT molecular complexity index is 1450. The number of amides is 1. The first-order chi connectivity index (χ1) is 19.0. The number of carboxylic acid groups (broad SMARTS) is 1. The van der Waals surface area contributed by atoms with Crippen LogP contribution in [0.5, 0.6) is 11.5 Å². The molecular formula is C32H29NO6. The number of aliphatic carboxylic acids is 1. The SMILES string of the molecule is COc1ccc([C@@H](NC(=O)OCC2c3ccccc3-c3ccccc32)c2ccc(CC(=O)O)cc2)c(OC)c1. The van der Waals surface area contributed by atoms with E-state index in [0.717, 1.165) is 27.8 Å². The molecule has 0 saturated carbocycles. The van der Waals surface area contributed by atoms with Gasteiger partial charge in [0.1, 0.15) is 18.1 Å². The van der Waals surface area contributed by atoms with E-state index in [4.69, 9.17) is 19.3 Å². The normalized spacial score (nSPS) is 12.7. The number of nitrogens with one attached hydrogen (secondary N) is 1. The summed E-state index contributed by atoms with van der Waals surface area (Å²) in [5.41, 5.74) is 6.70. The first-order valence-corrected chi connectivity index (χ1v) is 12.6. The summed E-state index contributed by atoms with van der Waals surface area (Å²) in [6.07, 6.45) is -0.661.